The average molecular weight is 260 g/mol. The standard InChI is InChI=1S/C14H20N4O/c1-18(2)14(19)10-15-9-13-7-11(5-6-16-13)8-17-12-3-4-12/h5-8,12,15H,3-4,9-10H2,1-2H3/b17-8-. The molecule has 1 aliphatic rings. The quantitative estimate of drug-likeness (QED) is 0.771. The van der Waals surface area contributed by atoms with E-state index in [2.05, 4.69) is 15.3 Å². The summed E-state index contributed by atoms with van der Waals surface area (Å²) < 4.78 is 0. The normalized spacial score (nSPS) is 14.8. The number of nitrogens with one attached hydrogen (secondary N) is 1. The molecule has 0 spiro atoms. The zero-order chi connectivity index (χ0) is 13.7. The van der Waals surface area contributed by atoms with Crippen molar-refractivity contribution < 1.29 is 4.79 Å². The Morgan fingerprint density at radius 1 is 1.58 bits per heavy atom. The Bertz CT molecular complexity index is 466. The first-order chi connectivity index (χ1) is 9.15. The highest BCUT2D eigenvalue weighted by atomic mass is 16.2. The third-order valence-electron chi connectivity index (χ3n) is 2.90. The van der Waals surface area contributed by atoms with E-state index in [1.165, 1.54) is 12.8 Å². The van der Waals surface area contributed by atoms with E-state index in [4.69, 9.17) is 0 Å². The van der Waals surface area contributed by atoms with Gasteiger partial charge in [-0.05, 0) is 30.5 Å². The molecular formula is C14H20N4O. The largest absolute Gasteiger partial charge is 0.348 e. The molecule has 0 saturated heterocycles. The van der Waals surface area contributed by atoms with Crippen molar-refractivity contribution >= 4 is 12.1 Å². The lowest BCUT2D eigenvalue weighted by molar-refractivity contribution is -0.127. The number of pyridine rings is 1. The van der Waals surface area contributed by atoms with Gasteiger partial charge in [0.05, 0.1) is 18.3 Å². The Morgan fingerprint density at radius 2 is 2.37 bits per heavy atom. The van der Waals surface area contributed by atoms with Crippen molar-refractivity contribution in [2.45, 2.75) is 25.4 Å². The first-order valence-corrected chi connectivity index (χ1v) is 6.54. The maximum Gasteiger partial charge on any atom is 0.236 e. The van der Waals surface area contributed by atoms with Crippen molar-refractivity contribution in [2.24, 2.45) is 4.99 Å². The van der Waals surface area contributed by atoms with Crippen LogP contribution in [0.25, 0.3) is 0 Å². The van der Waals surface area contributed by atoms with Crippen LogP contribution in [0.3, 0.4) is 0 Å². The predicted octanol–water partition coefficient (Wildman–Crippen LogP) is 0.841. The summed E-state index contributed by atoms with van der Waals surface area (Å²) in [6, 6.07) is 4.48. The van der Waals surface area contributed by atoms with Crippen LogP contribution in [0.15, 0.2) is 23.3 Å². The van der Waals surface area contributed by atoms with E-state index in [1.54, 1.807) is 25.2 Å². The molecular weight excluding hydrogens is 240 g/mol. The molecule has 1 saturated carbocycles. The zero-order valence-electron chi connectivity index (χ0n) is 11.5. The smallest absolute Gasteiger partial charge is 0.236 e. The summed E-state index contributed by atoms with van der Waals surface area (Å²) in [5.74, 6) is 0.0615. The molecule has 5 heteroatoms. The number of carbonyl (C=O) groups excluding carboxylic acids is 1. The predicted molar refractivity (Wildman–Crippen MR) is 75.3 cm³/mol. The van der Waals surface area contributed by atoms with Crippen LogP contribution in [-0.4, -0.2) is 48.7 Å². The average Bonchev–Trinajstić information content (AvgIpc) is 3.20. The second kappa shape index (κ2) is 6.43. The van der Waals surface area contributed by atoms with Gasteiger partial charge in [0.15, 0.2) is 0 Å². The number of hydrogen-bond acceptors (Lipinski definition) is 4. The van der Waals surface area contributed by atoms with Gasteiger partial charge in [0.2, 0.25) is 5.91 Å². The van der Waals surface area contributed by atoms with Crippen molar-refractivity contribution in [2.75, 3.05) is 20.6 Å². The molecule has 2 rings (SSSR count). The number of rotatable bonds is 6. The molecule has 1 aromatic rings. The van der Waals surface area contributed by atoms with Crippen LogP contribution in [0.5, 0.6) is 0 Å². The van der Waals surface area contributed by atoms with Crippen molar-refractivity contribution in [3.05, 3.63) is 29.6 Å². The van der Waals surface area contributed by atoms with Gasteiger partial charge in [-0.1, -0.05) is 0 Å². The first-order valence-electron chi connectivity index (χ1n) is 6.54. The van der Waals surface area contributed by atoms with Gasteiger partial charge in [0.25, 0.3) is 0 Å². The van der Waals surface area contributed by atoms with Gasteiger partial charge in [0, 0.05) is 33.1 Å². The Balaban J connectivity index is 1.82. The molecule has 0 aliphatic heterocycles. The van der Waals surface area contributed by atoms with E-state index in [-0.39, 0.29) is 5.91 Å². The van der Waals surface area contributed by atoms with Crippen LogP contribution in [0, 0.1) is 0 Å². The molecule has 0 unspecified atom stereocenters. The van der Waals surface area contributed by atoms with Crippen molar-refractivity contribution in [1.82, 2.24) is 15.2 Å². The fraction of sp³-hybridized carbons (Fsp3) is 0.500. The third kappa shape index (κ3) is 4.79. The van der Waals surface area contributed by atoms with E-state index >= 15 is 0 Å². The minimum atomic E-state index is 0.0615. The van der Waals surface area contributed by atoms with E-state index in [1.807, 2.05) is 18.3 Å². The van der Waals surface area contributed by atoms with Gasteiger partial charge >= 0.3 is 0 Å². The van der Waals surface area contributed by atoms with Gasteiger partial charge in [-0.3, -0.25) is 14.8 Å². The van der Waals surface area contributed by atoms with Gasteiger partial charge in [-0.15, -0.1) is 0 Å². The van der Waals surface area contributed by atoms with E-state index in [0.29, 0.717) is 19.1 Å². The first kappa shape index (κ1) is 13.7. The van der Waals surface area contributed by atoms with Crippen LogP contribution in [-0.2, 0) is 11.3 Å². The summed E-state index contributed by atoms with van der Waals surface area (Å²) in [5, 5.41) is 3.09. The third-order valence-corrected chi connectivity index (χ3v) is 2.90. The highest BCUT2D eigenvalue weighted by Crippen LogP contribution is 2.23. The zero-order valence-corrected chi connectivity index (χ0v) is 11.5. The Labute approximate surface area is 113 Å². The van der Waals surface area contributed by atoms with Crippen LogP contribution in [0.2, 0.25) is 0 Å². The fourth-order valence-electron chi connectivity index (χ4n) is 1.54. The maximum absolute atomic E-state index is 11.4. The molecule has 0 atom stereocenters. The highest BCUT2D eigenvalue weighted by Gasteiger charge is 2.18. The number of aromatic nitrogens is 1. The second-order valence-corrected chi connectivity index (χ2v) is 4.98. The molecule has 0 bridgehead atoms. The Hall–Kier alpha value is -1.75. The van der Waals surface area contributed by atoms with Crippen LogP contribution < -0.4 is 5.32 Å². The van der Waals surface area contributed by atoms with Crippen molar-refractivity contribution in [3.63, 3.8) is 0 Å². The monoisotopic (exact) mass is 260 g/mol. The molecule has 1 aliphatic carbocycles. The number of amides is 1. The number of carbonyl (C=O) groups is 1. The molecule has 19 heavy (non-hydrogen) atoms. The fourth-order valence-corrected chi connectivity index (χ4v) is 1.54. The Kier molecular flexibility index (Phi) is 4.63. The lowest BCUT2D eigenvalue weighted by atomic mass is 10.2. The van der Waals surface area contributed by atoms with Gasteiger partial charge in [-0.2, -0.15) is 0 Å². The Morgan fingerprint density at radius 3 is 3.05 bits per heavy atom. The molecule has 0 aromatic carbocycles. The maximum atomic E-state index is 11.4. The summed E-state index contributed by atoms with van der Waals surface area (Å²) in [5.41, 5.74) is 1.99. The molecule has 102 valence electrons. The van der Waals surface area contributed by atoms with Gasteiger partial charge < -0.3 is 10.2 Å². The summed E-state index contributed by atoms with van der Waals surface area (Å²) in [4.78, 5) is 21.7. The molecule has 1 N–H and O–H groups in total. The van der Waals surface area contributed by atoms with Crippen LogP contribution in [0.4, 0.5) is 0 Å². The van der Waals surface area contributed by atoms with Gasteiger partial charge in [0.1, 0.15) is 0 Å². The van der Waals surface area contributed by atoms with E-state index in [9.17, 15) is 4.79 Å². The molecule has 1 amide bonds. The van der Waals surface area contributed by atoms with Crippen molar-refractivity contribution in [1.29, 1.82) is 0 Å². The van der Waals surface area contributed by atoms with Crippen LogP contribution >= 0.6 is 0 Å². The summed E-state index contributed by atoms with van der Waals surface area (Å²) >= 11 is 0. The lowest BCUT2D eigenvalue weighted by Crippen LogP contribution is -2.32. The van der Waals surface area contributed by atoms with Gasteiger partial charge in [-0.25, -0.2) is 0 Å². The molecule has 5 nitrogen and oxygen atoms in total. The van der Waals surface area contributed by atoms with Crippen LogP contribution in [0.1, 0.15) is 24.1 Å². The minimum absolute atomic E-state index is 0.0615. The summed E-state index contributed by atoms with van der Waals surface area (Å²) in [7, 11) is 3.49. The number of aliphatic imine (C=N–C) groups is 1. The van der Waals surface area contributed by atoms with Crippen molar-refractivity contribution in [3.8, 4) is 0 Å². The number of likely N-dealkylation sites (N-methyl/N-ethyl adjacent to an activating group) is 1. The molecule has 1 aromatic heterocycles. The highest BCUT2D eigenvalue weighted by molar-refractivity contribution is 5.80. The second-order valence-electron chi connectivity index (χ2n) is 4.98. The van der Waals surface area contributed by atoms with E-state index in [0.717, 1.165) is 11.3 Å². The topological polar surface area (TPSA) is 57.6 Å². The molecule has 0 radical (unpaired) electrons. The minimum Gasteiger partial charge on any atom is -0.348 e. The summed E-state index contributed by atoms with van der Waals surface area (Å²) in [6.45, 7) is 0.916. The molecule has 1 fully saturated rings. The molecule has 1 heterocycles. The lowest BCUT2D eigenvalue weighted by Gasteiger charge is -2.10. The SMILES string of the molecule is CN(C)C(=O)CNCc1cc(/C=N\C2CC2)ccn1. The van der Waals surface area contributed by atoms with E-state index < -0.39 is 0 Å². The number of nitrogens with zero attached hydrogens (tertiary/aromatic N) is 3. The summed E-state index contributed by atoms with van der Waals surface area (Å²) in [6.07, 6.45) is 6.11. The number of hydrogen-bond donors (Lipinski definition) is 1.